The highest BCUT2D eigenvalue weighted by atomic mass is 32.2. The highest BCUT2D eigenvalue weighted by Crippen LogP contribution is 2.19. The molecule has 5 nitrogen and oxygen atoms in total. The topological polar surface area (TPSA) is 89.3 Å². The molecule has 0 aliphatic heterocycles. The Balaban J connectivity index is 2.16. The quantitative estimate of drug-likeness (QED) is 0.757. The van der Waals surface area contributed by atoms with Gasteiger partial charge >= 0.3 is 0 Å². The van der Waals surface area contributed by atoms with Crippen molar-refractivity contribution in [1.29, 1.82) is 0 Å². The lowest BCUT2D eigenvalue weighted by Gasteiger charge is -2.19. The molecule has 2 aromatic carbocycles. The molecule has 126 valence electrons. The molecule has 0 saturated carbocycles. The highest BCUT2D eigenvalue weighted by Gasteiger charge is 2.16. The van der Waals surface area contributed by atoms with Crippen LogP contribution in [0.4, 0.5) is 0 Å². The zero-order valence-electron chi connectivity index (χ0n) is 13.2. The summed E-state index contributed by atoms with van der Waals surface area (Å²) in [6, 6.07) is 15.1. The number of carbonyl (C=O) groups excluding carboxylic acids is 1. The van der Waals surface area contributed by atoms with E-state index in [0.29, 0.717) is 5.56 Å². The molecule has 2 rings (SSSR count). The van der Waals surface area contributed by atoms with Crippen LogP contribution < -0.4 is 10.5 Å². The van der Waals surface area contributed by atoms with Crippen LogP contribution >= 0.6 is 0 Å². The fourth-order valence-corrected chi connectivity index (χ4v) is 2.85. The van der Waals surface area contributed by atoms with Crippen molar-refractivity contribution in [2.45, 2.75) is 23.8 Å². The van der Waals surface area contributed by atoms with Crippen LogP contribution in [0.1, 0.15) is 34.8 Å². The number of benzene rings is 2. The molecule has 0 bridgehead atoms. The molecule has 0 aromatic heterocycles. The summed E-state index contributed by atoms with van der Waals surface area (Å²) in [5, 5.41) is 8.03. The van der Waals surface area contributed by atoms with Gasteiger partial charge in [0.15, 0.2) is 0 Å². The van der Waals surface area contributed by atoms with Crippen LogP contribution in [0.15, 0.2) is 72.1 Å². The molecule has 0 unspecified atom stereocenters. The largest absolute Gasteiger partial charge is 0.345 e. The van der Waals surface area contributed by atoms with Crippen LogP contribution in [0.2, 0.25) is 0 Å². The second kappa shape index (κ2) is 7.90. The van der Waals surface area contributed by atoms with Crippen molar-refractivity contribution in [3.8, 4) is 0 Å². The Labute approximate surface area is 142 Å². The molecule has 0 heterocycles. The van der Waals surface area contributed by atoms with E-state index in [1.807, 2.05) is 36.4 Å². The summed E-state index contributed by atoms with van der Waals surface area (Å²) in [5.41, 5.74) is 1.38. The lowest BCUT2D eigenvalue weighted by atomic mass is 10.0. The highest BCUT2D eigenvalue weighted by molar-refractivity contribution is 7.89. The van der Waals surface area contributed by atoms with E-state index in [1.54, 1.807) is 0 Å². The molecule has 0 fully saturated rings. The van der Waals surface area contributed by atoms with E-state index in [1.165, 1.54) is 24.3 Å². The summed E-state index contributed by atoms with van der Waals surface area (Å²) < 4.78 is 22.5. The van der Waals surface area contributed by atoms with E-state index >= 15 is 0 Å². The van der Waals surface area contributed by atoms with E-state index in [-0.39, 0.29) is 16.8 Å². The van der Waals surface area contributed by atoms with Crippen molar-refractivity contribution in [2.75, 3.05) is 0 Å². The van der Waals surface area contributed by atoms with Gasteiger partial charge in [0.25, 0.3) is 5.91 Å². The van der Waals surface area contributed by atoms with Crippen molar-refractivity contribution in [3.63, 3.8) is 0 Å². The van der Waals surface area contributed by atoms with E-state index in [4.69, 9.17) is 5.14 Å². The van der Waals surface area contributed by atoms with Crippen LogP contribution in [0.3, 0.4) is 0 Å². The third kappa shape index (κ3) is 4.78. The number of allylic oxidation sites excluding steroid dienone is 1. The molecule has 24 heavy (non-hydrogen) atoms. The Morgan fingerprint density at radius 2 is 1.75 bits per heavy atom. The lowest BCUT2D eigenvalue weighted by molar-refractivity contribution is 0.0934. The Hall–Kier alpha value is -2.44. The molecule has 0 aliphatic rings. The molecular weight excluding hydrogens is 324 g/mol. The number of rotatable bonds is 7. The Bertz CT molecular complexity index is 800. The maximum Gasteiger partial charge on any atom is 0.251 e. The number of nitrogens with two attached hydrogens (primary N) is 1. The molecule has 2 aromatic rings. The first-order chi connectivity index (χ1) is 11.4. The third-order valence-electron chi connectivity index (χ3n) is 3.61. The Morgan fingerprint density at radius 3 is 2.29 bits per heavy atom. The normalized spacial score (nSPS) is 12.4. The third-order valence-corrected chi connectivity index (χ3v) is 4.54. The van der Waals surface area contributed by atoms with Crippen molar-refractivity contribution in [2.24, 2.45) is 5.14 Å². The van der Waals surface area contributed by atoms with Crippen molar-refractivity contribution in [3.05, 3.63) is 78.4 Å². The predicted molar refractivity (Wildman–Crippen MR) is 93.9 cm³/mol. The SMILES string of the molecule is C=CCC[C@H](NC(=O)c1ccc(S(N)(=O)=O)cc1)c1ccccc1. The standard InChI is InChI=1S/C18H20N2O3S/c1-2-3-9-17(14-7-5-4-6-8-14)20-18(21)15-10-12-16(13-11-15)24(19,22)23/h2,4-8,10-13,17H,1,3,9H2,(H,20,21)(H2,19,22,23)/t17-/m0/s1. The summed E-state index contributed by atoms with van der Waals surface area (Å²) in [6.45, 7) is 3.71. The zero-order chi connectivity index (χ0) is 17.6. The average molecular weight is 344 g/mol. The molecule has 0 aliphatic carbocycles. The number of hydrogen-bond donors (Lipinski definition) is 2. The number of hydrogen-bond acceptors (Lipinski definition) is 3. The fourth-order valence-electron chi connectivity index (χ4n) is 2.33. The van der Waals surface area contributed by atoms with Gasteiger partial charge in [0.1, 0.15) is 0 Å². The minimum absolute atomic E-state index is 0.0229. The van der Waals surface area contributed by atoms with Gasteiger partial charge in [-0.15, -0.1) is 6.58 Å². The first-order valence-corrected chi connectivity index (χ1v) is 9.06. The van der Waals surface area contributed by atoms with Gasteiger partial charge in [0, 0.05) is 5.56 Å². The summed E-state index contributed by atoms with van der Waals surface area (Å²) in [5.74, 6) is -0.270. The predicted octanol–water partition coefficient (Wildman–Crippen LogP) is 2.77. The summed E-state index contributed by atoms with van der Waals surface area (Å²) in [4.78, 5) is 12.4. The lowest BCUT2D eigenvalue weighted by Crippen LogP contribution is -2.28. The summed E-state index contributed by atoms with van der Waals surface area (Å²) in [6.07, 6.45) is 3.31. The second-order valence-electron chi connectivity index (χ2n) is 5.37. The number of amides is 1. The van der Waals surface area contributed by atoms with Crippen molar-refractivity contribution in [1.82, 2.24) is 5.32 Å². The number of carbonyl (C=O) groups is 1. The Morgan fingerprint density at radius 1 is 1.12 bits per heavy atom. The van der Waals surface area contributed by atoms with Crippen LogP contribution in [0.25, 0.3) is 0 Å². The molecule has 6 heteroatoms. The smallest absolute Gasteiger partial charge is 0.251 e. The van der Waals surface area contributed by atoms with E-state index in [2.05, 4.69) is 11.9 Å². The second-order valence-corrected chi connectivity index (χ2v) is 6.93. The number of sulfonamides is 1. The Kier molecular flexibility index (Phi) is 5.89. The zero-order valence-corrected chi connectivity index (χ0v) is 14.0. The maximum absolute atomic E-state index is 12.4. The van der Waals surface area contributed by atoms with Crippen LogP contribution in [0.5, 0.6) is 0 Å². The monoisotopic (exact) mass is 344 g/mol. The summed E-state index contributed by atoms with van der Waals surface area (Å²) >= 11 is 0. The number of primary sulfonamides is 1. The molecule has 0 radical (unpaired) electrons. The average Bonchev–Trinajstić information content (AvgIpc) is 2.58. The van der Waals surface area contributed by atoms with E-state index < -0.39 is 10.0 Å². The maximum atomic E-state index is 12.4. The molecule has 1 amide bonds. The van der Waals surface area contributed by atoms with Gasteiger partial charge in [-0.3, -0.25) is 4.79 Å². The van der Waals surface area contributed by atoms with Gasteiger partial charge in [-0.1, -0.05) is 36.4 Å². The first kappa shape index (κ1) is 17.9. The van der Waals surface area contributed by atoms with E-state index in [9.17, 15) is 13.2 Å². The first-order valence-electron chi connectivity index (χ1n) is 7.51. The van der Waals surface area contributed by atoms with Gasteiger partial charge < -0.3 is 5.32 Å². The van der Waals surface area contributed by atoms with Gasteiger partial charge in [-0.05, 0) is 42.7 Å². The van der Waals surface area contributed by atoms with E-state index in [0.717, 1.165) is 18.4 Å². The van der Waals surface area contributed by atoms with Crippen LogP contribution in [-0.4, -0.2) is 14.3 Å². The molecular formula is C18H20N2O3S. The van der Waals surface area contributed by atoms with Gasteiger partial charge in [-0.2, -0.15) is 0 Å². The van der Waals surface area contributed by atoms with Crippen molar-refractivity contribution < 1.29 is 13.2 Å². The van der Waals surface area contributed by atoms with Gasteiger partial charge in [0.05, 0.1) is 10.9 Å². The molecule has 3 N–H and O–H groups in total. The van der Waals surface area contributed by atoms with Gasteiger partial charge in [-0.25, -0.2) is 13.6 Å². The molecule has 0 spiro atoms. The minimum Gasteiger partial charge on any atom is -0.345 e. The number of nitrogens with one attached hydrogen (secondary N) is 1. The van der Waals surface area contributed by atoms with Crippen LogP contribution in [0, 0.1) is 0 Å². The summed E-state index contributed by atoms with van der Waals surface area (Å²) in [7, 11) is -3.77. The molecule has 1 atom stereocenters. The van der Waals surface area contributed by atoms with Crippen molar-refractivity contribution >= 4 is 15.9 Å². The van der Waals surface area contributed by atoms with Gasteiger partial charge in [0.2, 0.25) is 10.0 Å². The molecule has 0 saturated heterocycles. The van der Waals surface area contributed by atoms with Crippen LogP contribution in [-0.2, 0) is 10.0 Å². The fraction of sp³-hybridized carbons (Fsp3) is 0.167. The minimum atomic E-state index is -3.77.